The fourth-order valence-electron chi connectivity index (χ4n) is 3.18. The lowest BCUT2D eigenvalue weighted by molar-refractivity contribution is -0.126. The van der Waals surface area contributed by atoms with Crippen molar-refractivity contribution >= 4 is 21.9 Å². The van der Waals surface area contributed by atoms with E-state index in [1.54, 1.807) is 6.92 Å². The van der Waals surface area contributed by atoms with E-state index in [9.17, 15) is 18.0 Å². The molecule has 29 heavy (non-hydrogen) atoms. The topological polar surface area (TPSA) is 102 Å². The Balaban J connectivity index is 2.66. The summed E-state index contributed by atoms with van der Waals surface area (Å²) in [6.45, 7) is 13.4. The van der Waals surface area contributed by atoms with Crippen LogP contribution in [-0.2, 0) is 19.6 Å². The third kappa shape index (κ3) is 8.95. The number of ether oxygens (including phenoxy) is 1. The summed E-state index contributed by atoms with van der Waals surface area (Å²) in [6.07, 6.45) is 1.43. The largest absolute Gasteiger partial charge is 0.452 e. The van der Waals surface area contributed by atoms with E-state index in [0.29, 0.717) is 6.42 Å². The van der Waals surface area contributed by atoms with Crippen LogP contribution in [0.25, 0.3) is 0 Å². The Morgan fingerprint density at radius 1 is 1.07 bits per heavy atom. The Kier molecular flexibility index (Phi) is 8.41. The molecule has 0 bridgehead atoms. The molecule has 0 aliphatic rings. The summed E-state index contributed by atoms with van der Waals surface area (Å²) in [4.78, 5) is 24.3. The molecule has 8 heteroatoms. The van der Waals surface area contributed by atoms with Gasteiger partial charge in [-0.3, -0.25) is 4.79 Å². The molecule has 1 atom stereocenters. The number of carbonyl (C=O) groups is 2. The van der Waals surface area contributed by atoms with Crippen LogP contribution in [0.2, 0.25) is 0 Å². The number of hydrogen-bond acceptors (Lipinski definition) is 5. The predicted octanol–water partition coefficient (Wildman–Crippen LogP) is 3.25. The van der Waals surface area contributed by atoms with Crippen LogP contribution in [0.3, 0.4) is 0 Å². The lowest BCUT2D eigenvalue weighted by Crippen LogP contribution is -2.47. The van der Waals surface area contributed by atoms with Crippen molar-refractivity contribution in [2.45, 2.75) is 77.8 Å². The molecule has 0 saturated carbocycles. The molecule has 0 spiro atoms. The molecule has 1 amide bonds. The van der Waals surface area contributed by atoms with Gasteiger partial charge in [0.05, 0.1) is 10.5 Å². The van der Waals surface area contributed by atoms with Crippen molar-refractivity contribution in [3.63, 3.8) is 0 Å². The number of hydrogen-bond donors (Lipinski definition) is 2. The van der Waals surface area contributed by atoms with Crippen molar-refractivity contribution in [1.82, 2.24) is 10.0 Å². The summed E-state index contributed by atoms with van der Waals surface area (Å²) >= 11 is 0. The molecule has 1 aromatic rings. The van der Waals surface area contributed by atoms with Crippen molar-refractivity contribution in [2.24, 2.45) is 5.41 Å². The second-order valence-corrected chi connectivity index (χ2v) is 10.9. The molecular weight excluding hydrogens is 392 g/mol. The lowest BCUT2D eigenvalue weighted by atomic mass is 9.82. The fourth-order valence-corrected chi connectivity index (χ4v) is 4.51. The summed E-state index contributed by atoms with van der Waals surface area (Å²) in [5.74, 6) is -1.07. The van der Waals surface area contributed by atoms with Crippen LogP contribution < -0.4 is 10.0 Å². The van der Waals surface area contributed by atoms with Crippen molar-refractivity contribution in [1.29, 1.82) is 0 Å². The molecule has 1 rings (SSSR count). The first-order valence-electron chi connectivity index (χ1n) is 9.76. The van der Waals surface area contributed by atoms with E-state index in [4.69, 9.17) is 4.74 Å². The third-order valence-corrected chi connectivity index (χ3v) is 5.76. The van der Waals surface area contributed by atoms with E-state index in [2.05, 4.69) is 30.8 Å². The maximum atomic E-state index is 12.2. The molecule has 0 saturated heterocycles. The molecule has 0 radical (unpaired) electrons. The van der Waals surface area contributed by atoms with Gasteiger partial charge in [0.15, 0.2) is 6.61 Å². The van der Waals surface area contributed by atoms with Crippen LogP contribution in [0, 0.1) is 5.41 Å². The molecule has 2 N–H and O–H groups in total. The van der Waals surface area contributed by atoms with Gasteiger partial charge in [0.1, 0.15) is 0 Å². The summed E-state index contributed by atoms with van der Waals surface area (Å²) in [5.41, 5.74) is -0.214. The smallest absolute Gasteiger partial charge is 0.338 e. The Morgan fingerprint density at radius 3 is 2.10 bits per heavy atom. The standard InChI is InChI=1S/C21H34N2O5S/c1-8-15(2)23-29(26,27)17-11-9-16(10-12-17)19(25)28-13-18(24)22-21(6,7)14-20(3,4)5/h9-12,15,23H,8,13-14H2,1-7H3,(H,22,24)/t15-/m1/s1. The summed E-state index contributed by atoms with van der Waals surface area (Å²) < 4.78 is 32.1. The number of rotatable bonds is 9. The summed E-state index contributed by atoms with van der Waals surface area (Å²) in [7, 11) is -3.64. The normalized spacial score (nSPS) is 13.6. The average molecular weight is 427 g/mol. The van der Waals surface area contributed by atoms with Crippen LogP contribution in [0.15, 0.2) is 29.2 Å². The van der Waals surface area contributed by atoms with Gasteiger partial charge in [-0.2, -0.15) is 0 Å². The number of esters is 1. The minimum atomic E-state index is -3.64. The quantitative estimate of drug-likeness (QED) is 0.590. The minimum Gasteiger partial charge on any atom is -0.452 e. The molecule has 164 valence electrons. The Bertz CT molecular complexity index is 808. The average Bonchev–Trinajstić information content (AvgIpc) is 2.56. The van der Waals surface area contributed by atoms with Crippen LogP contribution in [-0.4, -0.2) is 38.5 Å². The zero-order valence-corrected chi connectivity index (χ0v) is 19.3. The predicted molar refractivity (Wildman–Crippen MR) is 113 cm³/mol. The van der Waals surface area contributed by atoms with E-state index in [-0.39, 0.29) is 27.8 Å². The molecular formula is C21H34N2O5S. The van der Waals surface area contributed by atoms with Gasteiger partial charge in [0, 0.05) is 11.6 Å². The second-order valence-electron chi connectivity index (χ2n) is 9.20. The highest BCUT2D eigenvalue weighted by atomic mass is 32.2. The van der Waals surface area contributed by atoms with E-state index in [1.807, 2.05) is 20.8 Å². The first-order chi connectivity index (χ1) is 13.1. The highest BCUT2D eigenvalue weighted by Gasteiger charge is 2.27. The Labute approximate surface area is 174 Å². The number of sulfonamides is 1. The van der Waals surface area contributed by atoms with Gasteiger partial charge in [-0.1, -0.05) is 27.7 Å². The summed E-state index contributed by atoms with van der Waals surface area (Å²) in [5, 5.41) is 2.87. The van der Waals surface area contributed by atoms with Crippen molar-refractivity contribution in [3.8, 4) is 0 Å². The molecule has 0 fully saturated rings. The third-order valence-electron chi connectivity index (χ3n) is 4.15. The number of benzene rings is 1. The lowest BCUT2D eigenvalue weighted by Gasteiger charge is -2.33. The SMILES string of the molecule is CC[C@@H](C)NS(=O)(=O)c1ccc(C(=O)OCC(=O)NC(C)(C)CC(C)(C)C)cc1. The van der Waals surface area contributed by atoms with Gasteiger partial charge >= 0.3 is 5.97 Å². The highest BCUT2D eigenvalue weighted by molar-refractivity contribution is 7.89. The van der Waals surface area contributed by atoms with Crippen LogP contribution in [0.4, 0.5) is 0 Å². The van der Waals surface area contributed by atoms with Crippen molar-refractivity contribution in [3.05, 3.63) is 29.8 Å². The van der Waals surface area contributed by atoms with Crippen molar-refractivity contribution in [2.75, 3.05) is 6.61 Å². The van der Waals surface area contributed by atoms with Gasteiger partial charge in [-0.05, 0) is 63.3 Å². The van der Waals surface area contributed by atoms with Gasteiger partial charge < -0.3 is 10.1 Å². The Morgan fingerprint density at radius 2 is 1.62 bits per heavy atom. The molecule has 0 aromatic heterocycles. The van der Waals surface area contributed by atoms with Crippen LogP contribution in [0.1, 0.15) is 71.7 Å². The Hall–Kier alpha value is -1.93. The van der Waals surface area contributed by atoms with E-state index < -0.39 is 28.1 Å². The fraction of sp³-hybridized carbons (Fsp3) is 0.619. The first-order valence-corrected chi connectivity index (χ1v) is 11.2. The molecule has 1 aromatic carbocycles. The number of amides is 1. The summed E-state index contributed by atoms with van der Waals surface area (Å²) in [6, 6.07) is 5.23. The van der Waals surface area contributed by atoms with Crippen molar-refractivity contribution < 1.29 is 22.7 Å². The molecule has 0 aliphatic heterocycles. The van der Waals surface area contributed by atoms with E-state index >= 15 is 0 Å². The van der Waals surface area contributed by atoms with Gasteiger partial charge in [0.2, 0.25) is 10.0 Å². The first kappa shape index (κ1) is 25.1. The maximum Gasteiger partial charge on any atom is 0.338 e. The van der Waals surface area contributed by atoms with Gasteiger partial charge in [-0.25, -0.2) is 17.9 Å². The zero-order valence-electron chi connectivity index (χ0n) is 18.5. The van der Waals surface area contributed by atoms with Gasteiger partial charge in [-0.15, -0.1) is 0 Å². The van der Waals surface area contributed by atoms with Crippen LogP contribution in [0.5, 0.6) is 0 Å². The zero-order chi connectivity index (χ0) is 22.5. The van der Waals surface area contributed by atoms with Gasteiger partial charge in [0.25, 0.3) is 5.91 Å². The molecule has 0 heterocycles. The van der Waals surface area contributed by atoms with E-state index in [0.717, 1.165) is 6.42 Å². The monoisotopic (exact) mass is 426 g/mol. The molecule has 0 unspecified atom stereocenters. The minimum absolute atomic E-state index is 0.0410. The molecule has 0 aliphatic carbocycles. The molecule has 7 nitrogen and oxygen atoms in total. The second kappa shape index (κ2) is 9.71. The highest BCUT2D eigenvalue weighted by Crippen LogP contribution is 2.26. The maximum absolute atomic E-state index is 12.2. The number of carbonyl (C=O) groups excluding carboxylic acids is 2. The van der Waals surface area contributed by atoms with E-state index in [1.165, 1.54) is 24.3 Å². The number of nitrogens with one attached hydrogen (secondary N) is 2. The van der Waals surface area contributed by atoms with Crippen LogP contribution >= 0.6 is 0 Å².